The van der Waals surface area contributed by atoms with Crippen molar-refractivity contribution in [2.24, 2.45) is 17.3 Å². The number of carbonyl (C=O) groups excluding carboxylic acids is 1. The Bertz CT molecular complexity index is 1660. The Hall–Kier alpha value is -3.01. The van der Waals surface area contributed by atoms with Gasteiger partial charge in [-0.3, -0.25) is 4.79 Å². The van der Waals surface area contributed by atoms with E-state index in [9.17, 15) is 9.90 Å². The number of pyridine rings is 1. The van der Waals surface area contributed by atoms with Gasteiger partial charge in [0, 0.05) is 60.7 Å². The zero-order valence-electron chi connectivity index (χ0n) is 27.9. The van der Waals surface area contributed by atoms with Crippen LogP contribution >= 0.6 is 0 Å². The maximum absolute atomic E-state index is 11.7. The number of hydrogen-bond acceptors (Lipinski definition) is 4. The Labute approximate surface area is 277 Å². The van der Waals surface area contributed by atoms with Crippen LogP contribution in [0.25, 0.3) is 32.8 Å². The summed E-state index contributed by atoms with van der Waals surface area (Å²) in [5.74, 6) is 2.30. The van der Waals surface area contributed by atoms with E-state index in [2.05, 4.69) is 71.0 Å². The molecule has 2 heterocycles. The van der Waals surface area contributed by atoms with Crippen LogP contribution < -0.4 is 4.74 Å². The van der Waals surface area contributed by atoms with Crippen molar-refractivity contribution in [3.63, 3.8) is 0 Å². The first-order valence-corrected chi connectivity index (χ1v) is 15.9. The van der Waals surface area contributed by atoms with Crippen molar-refractivity contribution in [3.05, 3.63) is 77.2 Å². The fourth-order valence-corrected chi connectivity index (χ4v) is 6.15. The molecule has 0 saturated carbocycles. The summed E-state index contributed by atoms with van der Waals surface area (Å²) in [7, 11) is 0. The molecule has 0 fully saturated rings. The van der Waals surface area contributed by atoms with E-state index in [0.717, 1.165) is 71.0 Å². The predicted octanol–water partition coefficient (Wildman–Crippen LogP) is 11.0. The van der Waals surface area contributed by atoms with Gasteiger partial charge in [-0.1, -0.05) is 84.4 Å². The average molecular weight is 771 g/mol. The Morgan fingerprint density at radius 2 is 1.61 bits per heavy atom. The maximum atomic E-state index is 11.7. The molecule has 1 aliphatic rings. The molecule has 3 aromatic carbocycles. The summed E-state index contributed by atoms with van der Waals surface area (Å²) in [4.78, 5) is 16.5. The van der Waals surface area contributed by atoms with Crippen LogP contribution in [-0.2, 0) is 31.3 Å². The monoisotopic (exact) mass is 771 g/mol. The minimum absolute atomic E-state index is 0. The molecule has 1 aliphatic heterocycles. The fourth-order valence-electron chi connectivity index (χ4n) is 6.15. The molecular weight excluding hydrogens is 723 g/mol. The van der Waals surface area contributed by atoms with Gasteiger partial charge in [0.05, 0.1) is 11.5 Å². The summed E-state index contributed by atoms with van der Waals surface area (Å²) >= 11 is 0. The second-order valence-electron chi connectivity index (χ2n) is 13.2. The summed E-state index contributed by atoms with van der Waals surface area (Å²) in [6.07, 6.45) is 7.92. The Morgan fingerprint density at radius 3 is 2.23 bits per heavy atom. The molecule has 0 bridgehead atoms. The molecule has 5 rings (SSSR count). The molecule has 0 atom stereocenters. The third-order valence-electron chi connectivity index (χ3n) is 8.63. The third-order valence-corrected chi connectivity index (χ3v) is 8.63. The van der Waals surface area contributed by atoms with Crippen LogP contribution in [0.4, 0.5) is 0 Å². The van der Waals surface area contributed by atoms with E-state index in [1.807, 2.05) is 40.0 Å². The normalized spacial score (nSPS) is 12.5. The van der Waals surface area contributed by atoms with E-state index in [0.29, 0.717) is 0 Å². The summed E-state index contributed by atoms with van der Waals surface area (Å²) in [6.45, 7) is 19.2. The van der Waals surface area contributed by atoms with Crippen LogP contribution in [0.5, 0.6) is 11.5 Å². The smallest absolute Gasteiger partial charge is 0.162 e. The van der Waals surface area contributed by atoms with E-state index in [4.69, 9.17) is 9.72 Å². The minimum atomic E-state index is 0. The van der Waals surface area contributed by atoms with Crippen LogP contribution in [0.3, 0.4) is 0 Å². The van der Waals surface area contributed by atoms with E-state index >= 15 is 0 Å². The molecule has 4 nitrogen and oxygen atoms in total. The molecule has 0 aliphatic carbocycles. The van der Waals surface area contributed by atoms with E-state index < -0.39 is 0 Å². The summed E-state index contributed by atoms with van der Waals surface area (Å²) in [5.41, 5.74) is 5.95. The standard InChI is InChI=1S/C26H24NO.C13H24O2.Ir/c1-15-9-10-19-23-18(15)7-6-8-22(23)28-25-20-12-17(13-26(3,4)5)11-16(2)21(20)14-27-24(19)25;1-5-10(6-2)12(14)9-13(15)11(7-3)8-4;/h6-9,11-12,14H,13H2,1-5H3;9-11,14H,5-8H2,1-4H3;/q-1;;/b;12-9-;. The number of benzene rings is 3. The fraction of sp³-hybridized carbons (Fsp3) is 0.436. The second-order valence-corrected chi connectivity index (χ2v) is 13.2. The second kappa shape index (κ2) is 14.8. The molecule has 237 valence electrons. The van der Waals surface area contributed by atoms with Crippen molar-refractivity contribution in [2.45, 2.75) is 94.4 Å². The molecule has 1 N–H and O–H groups in total. The first kappa shape index (κ1) is 35.5. The zero-order valence-corrected chi connectivity index (χ0v) is 30.2. The molecule has 44 heavy (non-hydrogen) atoms. The van der Waals surface area contributed by atoms with Crippen LogP contribution in [0.15, 0.2) is 54.4 Å². The van der Waals surface area contributed by atoms with Crippen molar-refractivity contribution in [2.75, 3.05) is 0 Å². The molecule has 4 aromatic rings. The van der Waals surface area contributed by atoms with Crippen LogP contribution in [0.2, 0.25) is 0 Å². The molecule has 0 unspecified atom stereocenters. The Kier molecular flexibility index (Phi) is 12.0. The van der Waals surface area contributed by atoms with Gasteiger partial charge in [0.2, 0.25) is 0 Å². The molecule has 1 aromatic heterocycles. The maximum Gasteiger partial charge on any atom is 0.162 e. The number of rotatable bonds is 8. The molecule has 0 spiro atoms. The number of ether oxygens (including phenoxy) is 1. The third kappa shape index (κ3) is 7.61. The summed E-state index contributed by atoms with van der Waals surface area (Å²) < 4.78 is 6.48. The van der Waals surface area contributed by atoms with Crippen LogP contribution in [0, 0.1) is 37.2 Å². The molecule has 5 heteroatoms. The van der Waals surface area contributed by atoms with Gasteiger partial charge in [0.25, 0.3) is 0 Å². The Balaban J connectivity index is 0.000000286. The minimum Gasteiger partial charge on any atom is -0.512 e. The Morgan fingerprint density at radius 1 is 0.955 bits per heavy atom. The van der Waals surface area contributed by atoms with Gasteiger partial charge in [-0.05, 0) is 67.7 Å². The van der Waals surface area contributed by atoms with Gasteiger partial charge < -0.3 is 14.8 Å². The summed E-state index contributed by atoms with van der Waals surface area (Å²) in [6, 6.07) is 16.4. The van der Waals surface area contributed by atoms with Crippen molar-refractivity contribution in [1.29, 1.82) is 0 Å². The number of nitrogens with zero attached hydrogens (tertiary/aromatic N) is 1. The number of aliphatic hydroxyl groups excluding tert-OH is 1. The largest absolute Gasteiger partial charge is 0.512 e. The number of aliphatic hydroxyl groups is 1. The summed E-state index contributed by atoms with van der Waals surface area (Å²) in [5, 5.41) is 14.4. The topological polar surface area (TPSA) is 59.4 Å². The van der Waals surface area contributed by atoms with E-state index in [-0.39, 0.29) is 48.9 Å². The van der Waals surface area contributed by atoms with Gasteiger partial charge in [-0.15, -0.1) is 23.3 Å². The molecule has 0 amide bonds. The van der Waals surface area contributed by atoms with Crippen molar-refractivity contribution in [1.82, 2.24) is 4.98 Å². The number of carbonyl (C=O) groups is 1. The first-order chi connectivity index (χ1) is 20.4. The average Bonchev–Trinajstić information content (AvgIpc) is 2.95. The van der Waals surface area contributed by atoms with Gasteiger partial charge in [-0.25, -0.2) is 0 Å². The first-order valence-electron chi connectivity index (χ1n) is 15.9. The SMILES string of the molecule is CCC(CC)C(=O)/C=C(\O)C(CC)CC.Cc1cc(CC(C)(C)C)cc2c3c(ncc12)-c1[c-]cc(C)c2cccc(c12)O3.[Ir]. The van der Waals surface area contributed by atoms with Gasteiger partial charge in [0.15, 0.2) is 5.78 Å². The molecule has 1 radical (unpaired) electrons. The van der Waals surface area contributed by atoms with E-state index in [1.54, 1.807) is 0 Å². The predicted molar refractivity (Wildman–Crippen MR) is 180 cm³/mol. The van der Waals surface area contributed by atoms with E-state index in [1.165, 1.54) is 28.2 Å². The van der Waals surface area contributed by atoms with Gasteiger partial charge >= 0.3 is 0 Å². The van der Waals surface area contributed by atoms with Gasteiger partial charge in [0.1, 0.15) is 5.75 Å². The number of fused-ring (bicyclic) bond motifs is 4. The number of allylic oxidation sites excluding steroid dienone is 2. The number of aromatic nitrogens is 1. The zero-order chi connectivity index (χ0) is 31.5. The van der Waals surface area contributed by atoms with Crippen LogP contribution in [-0.4, -0.2) is 15.9 Å². The van der Waals surface area contributed by atoms with Crippen LogP contribution in [0.1, 0.15) is 90.8 Å². The van der Waals surface area contributed by atoms with Gasteiger partial charge in [-0.2, -0.15) is 0 Å². The number of aryl methyl sites for hydroxylation is 2. The molecular formula is C39H48IrNO3-. The molecule has 0 saturated heterocycles. The number of ketones is 1. The number of hydrogen-bond donors (Lipinski definition) is 1. The van der Waals surface area contributed by atoms with Crippen molar-refractivity contribution in [3.8, 4) is 22.8 Å². The van der Waals surface area contributed by atoms with Crippen molar-refractivity contribution < 1.29 is 34.7 Å². The van der Waals surface area contributed by atoms with Crippen molar-refractivity contribution >= 4 is 27.3 Å². The quantitative estimate of drug-likeness (QED) is 0.0970.